The van der Waals surface area contributed by atoms with Crippen LogP contribution < -0.4 is 5.32 Å². The number of phosphoric ester groups is 1. The number of nitriles is 1. The molecule has 0 spiro atoms. The van der Waals surface area contributed by atoms with Crippen LogP contribution in [-0.4, -0.2) is 50.1 Å². The lowest BCUT2D eigenvalue weighted by atomic mass is 9.98. The van der Waals surface area contributed by atoms with E-state index in [1.54, 1.807) is 19.9 Å². The second-order valence-corrected chi connectivity index (χ2v) is 8.18. The molecule has 0 fully saturated rings. The van der Waals surface area contributed by atoms with Gasteiger partial charge >= 0.3 is 16.1 Å². The average molecular weight is 436 g/mol. The van der Waals surface area contributed by atoms with E-state index in [9.17, 15) is 14.0 Å². The molecule has 1 heterocycles. The minimum Gasteiger partial charge on any atom is -0.351 e. The van der Waals surface area contributed by atoms with Gasteiger partial charge < -0.3 is 10.2 Å². The highest BCUT2D eigenvalue weighted by Gasteiger charge is 2.26. The fraction of sp³-hybridized carbons (Fsp3) is 0.714. The maximum Gasteiger partial charge on any atom is 0.694 e. The van der Waals surface area contributed by atoms with E-state index < -0.39 is 22.2 Å². The fourth-order valence-corrected chi connectivity index (χ4v) is 3.56. The van der Waals surface area contributed by atoms with Gasteiger partial charge in [-0.3, -0.25) is 9.05 Å². The molecule has 0 aromatic carbocycles. The Balaban J connectivity index is 2.61. The number of nitrogens with zero attached hydrogens (tertiary/aromatic N) is 4. The Morgan fingerprint density at radius 1 is 1.32 bits per heavy atom. The molecule has 156 valence electrons. The van der Waals surface area contributed by atoms with Crippen molar-refractivity contribution in [2.45, 2.75) is 45.3 Å². The van der Waals surface area contributed by atoms with Crippen molar-refractivity contribution < 1.29 is 32.5 Å². The Bertz CT molecular complexity index is 690. The first-order valence-electron chi connectivity index (χ1n) is 8.42. The minimum atomic E-state index is -4.23. The van der Waals surface area contributed by atoms with Gasteiger partial charge in [0.2, 0.25) is 5.95 Å². The summed E-state index contributed by atoms with van der Waals surface area (Å²) >= 11 is 0. The standard InChI is InChI=1S/C14H23N5O7P2/c1-11(8-25-28(22,23)24-5-3-4-15)6-13(7-12(2)26-27(20)21)19-14-17-9-16-10-18-14/h9-13H,3,5-8H2,1-2H3,(H2-,16,17,18,19,20,21,22,23)/p+1/t11-,12-,13-/m1/s1. The van der Waals surface area contributed by atoms with Gasteiger partial charge in [-0.1, -0.05) is 6.92 Å². The van der Waals surface area contributed by atoms with Gasteiger partial charge in [-0.25, -0.2) is 19.5 Å². The zero-order chi connectivity index (χ0) is 21.0. The zero-order valence-electron chi connectivity index (χ0n) is 15.5. The van der Waals surface area contributed by atoms with Crippen LogP contribution in [0.4, 0.5) is 5.95 Å². The van der Waals surface area contributed by atoms with Crippen LogP contribution in [0.15, 0.2) is 12.7 Å². The third-order valence-electron chi connectivity index (χ3n) is 3.39. The molecule has 0 saturated heterocycles. The van der Waals surface area contributed by atoms with Crippen LogP contribution in [0.2, 0.25) is 0 Å². The van der Waals surface area contributed by atoms with Crippen molar-refractivity contribution >= 4 is 22.0 Å². The first-order chi connectivity index (χ1) is 13.2. The molecule has 0 amide bonds. The van der Waals surface area contributed by atoms with Crippen molar-refractivity contribution in [3.8, 4) is 6.07 Å². The quantitative estimate of drug-likeness (QED) is 0.286. The molecule has 3 N–H and O–H groups in total. The number of phosphoric acid groups is 1. The molecule has 0 saturated carbocycles. The van der Waals surface area contributed by atoms with E-state index in [0.29, 0.717) is 18.8 Å². The molecule has 28 heavy (non-hydrogen) atoms. The maximum absolute atomic E-state index is 11.7. The highest BCUT2D eigenvalue weighted by molar-refractivity contribution is 7.47. The average Bonchev–Trinajstić information content (AvgIpc) is 2.60. The highest BCUT2D eigenvalue weighted by atomic mass is 31.2. The molecule has 5 atom stereocenters. The highest BCUT2D eigenvalue weighted by Crippen LogP contribution is 2.43. The molecule has 0 aliphatic rings. The predicted octanol–water partition coefficient (Wildman–Crippen LogP) is 2.17. The van der Waals surface area contributed by atoms with Crippen molar-refractivity contribution in [1.82, 2.24) is 15.0 Å². The third kappa shape index (κ3) is 11.3. The van der Waals surface area contributed by atoms with Gasteiger partial charge in [-0.05, 0) is 25.7 Å². The van der Waals surface area contributed by atoms with Gasteiger partial charge in [0.1, 0.15) is 18.8 Å². The van der Waals surface area contributed by atoms with Gasteiger partial charge in [0.15, 0.2) is 0 Å². The van der Waals surface area contributed by atoms with E-state index in [4.69, 9.17) is 19.2 Å². The lowest BCUT2D eigenvalue weighted by molar-refractivity contribution is 0.129. The Morgan fingerprint density at radius 3 is 2.61 bits per heavy atom. The first kappa shape index (κ1) is 24.5. The fourth-order valence-electron chi connectivity index (χ4n) is 2.33. The molecule has 0 bridgehead atoms. The maximum atomic E-state index is 11.7. The molecule has 1 rings (SSSR count). The zero-order valence-corrected chi connectivity index (χ0v) is 17.3. The van der Waals surface area contributed by atoms with Crippen LogP contribution in [-0.2, 0) is 22.7 Å². The van der Waals surface area contributed by atoms with Crippen LogP contribution in [0.25, 0.3) is 0 Å². The van der Waals surface area contributed by atoms with Gasteiger partial charge in [-0.15, -0.1) is 9.42 Å². The summed E-state index contributed by atoms with van der Waals surface area (Å²) in [5.74, 6) is 0.135. The van der Waals surface area contributed by atoms with Crippen LogP contribution in [0.5, 0.6) is 0 Å². The third-order valence-corrected chi connectivity index (χ3v) is 4.92. The number of hydrogen-bond acceptors (Lipinski definition) is 10. The first-order valence-corrected chi connectivity index (χ1v) is 11.0. The number of aromatic nitrogens is 3. The van der Waals surface area contributed by atoms with E-state index in [1.807, 2.05) is 0 Å². The number of nitrogens with one attached hydrogen (secondary N) is 1. The van der Waals surface area contributed by atoms with Crippen LogP contribution in [0.1, 0.15) is 33.1 Å². The molecule has 0 radical (unpaired) electrons. The Labute approximate surface area is 163 Å². The SMILES string of the molecule is C[C@@H](COP(=O)(O)OCCC#N)C[C@H](C[C@@H](C)O[P+](=O)O)Nc1ncncn1. The second kappa shape index (κ2) is 12.8. The van der Waals surface area contributed by atoms with Crippen LogP contribution >= 0.6 is 16.1 Å². The predicted molar refractivity (Wildman–Crippen MR) is 98.0 cm³/mol. The molecule has 12 nitrogen and oxygen atoms in total. The molecular weight excluding hydrogens is 412 g/mol. The number of rotatable bonds is 14. The van der Waals surface area contributed by atoms with Crippen LogP contribution in [0, 0.1) is 17.2 Å². The molecule has 14 heteroatoms. The largest absolute Gasteiger partial charge is 0.694 e. The van der Waals surface area contributed by atoms with Crippen molar-refractivity contribution in [3.63, 3.8) is 0 Å². The summed E-state index contributed by atoms with van der Waals surface area (Å²) in [5, 5.41) is 11.5. The molecular formula is C14H24N5O7P2+. The van der Waals surface area contributed by atoms with Gasteiger partial charge in [-0.2, -0.15) is 5.26 Å². The van der Waals surface area contributed by atoms with E-state index in [1.165, 1.54) is 12.7 Å². The summed E-state index contributed by atoms with van der Waals surface area (Å²) in [7, 11) is -6.97. The number of hydrogen-bond donors (Lipinski definition) is 3. The van der Waals surface area contributed by atoms with Crippen molar-refractivity contribution in [2.75, 3.05) is 18.5 Å². The summed E-state index contributed by atoms with van der Waals surface area (Å²) in [5.41, 5.74) is 0. The smallest absolute Gasteiger partial charge is 0.351 e. The molecule has 1 aromatic rings. The topological polar surface area (TPSA) is 177 Å². The van der Waals surface area contributed by atoms with E-state index in [2.05, 4.69) is 24.8 Å². The van der Waals surface area contributed by atoms with Crippen molar-refractivity contribution in [1.29, 1.82) is 5.26 Å². The monoisotopic (exact) mass is 436 g/mol. The molecule has 1 aromatic heterocycles. The van der Waals surface area contributed by atoms with Crippen LogP contribution in [0.3, 0.4) is 0 Å². The lowest BCUT2D eigenvalue weighted by Crippen LogP contribution is -2.29. The Kier molecular flexibility index (Phi) is 11.2. The summed E-state index contributed by atoms with van der Waals surface area (Å²) in [6.07, 6.45) is 2.91. The second-order valence-electron chi connectivity index (χ2n) is 6.04. The molecule has 0 aliphatic heterocycles. The van der Waals surface area contributed by atoms with Gasteiger partial charge in [0.25, 0.3) is 0 Å². The van der Waals surface area contributed by atoms with Crippen molar-refractivity contribution in [2.24, 2.45) is 5.92 Å². The minimum absolute atomic E-state index is 0.0214. The molecule has 0 aliphatic carbocycles. The van der Waals surface area contributed by atoms with E-state index >= 15 is 0 Å². The normalized spacial score (nSPS) is 17.0. The lowest BCUT2D eigenvalue weighted by Gasteiger charge is -2.23. The van der Waals surface area contributed by atoms with E-state index in [-0.39, 0.29) is 31.6 Å². The van der Waals surface area contributed by atoms with Gasteiger partial charge in [0, 0.05) is 10.6 Å². The summed E-state index contributed by atoms with van der Waals surface area (Å²) < 4.78 is 37.1. The molecule has 2 unspecified atom stereocenters. The summed E-state index contributed by atoms with van der Waals surface area (Å²) in [6.45, 7) is 3.18. The van der Waals surface area contributed by atoms with E-state index in [0.717, 1.165) is 0 Å². The summed E-state index contributed by atoms with van der Waals surface area (Å²) in [6, 6.07) is 1.52. The summed E-state index contributed by atoms with van der Waals surface area (Å²) in [4.78, 5) is 30.2. The Morgan fingerprint density at radius 2 is 2.00 bits per heavy atom. The van der Waals surface area contributed by atoms with Gasteiger partial charge in [0.05, 0.1) is 25.7 Å². The Hall–Kier alpha value is -1.57. The van der Waals surface area contributed by atoms with Crippen molar-refractivity contribution in [3.05, 3.63) is 12.7 Å². The number of anilines is 1.